The number of carbonyl (C=O) groups excluding carboxylic acids is 1. The SMILES string of the molecule is CC1=NN(c2ccccc2)C(=O)[C@H]1C=Nc1ccc(Sc2ccc([N+](=O)[O-])cc2)cc1. The Morgan fingerprint density at radius 2 is 1.61 bits per heavy atom. The molecule has 7 nitrogen and oxygen atoms in total. The van der Waals surface area contributed by atoms with Gasteiger partial charge in [0, 0.05) is 28.1 Å². The number of amides is 1. The quantitative estimate of drug-likeness (QED) is 0.294. The summed E-state index contributed by atoms with van der Waals surface area (Å²) < 4.78 is 0. The molecule has 0 aromatic heterocycles. The number of benzene rings is 3. The fourth-order valence-electron chi connectivity index (χ4n) is 3.04. The molecular formula is C23H18N4O3S. The van der Waals surface area contributed by atoms with E-state index in [1.807, 2.05) is 61.5 Å². The third-order valence-electron chi connectivity index (χ3n) is 4.68. The van der Waals surface area contributed by atoms with E-state index in [1.165, 1.54) is 28.9 Å². The van der Waals surface area contributed by atoms with E-state index in [2.05, 4.69) is 10.1 Å². The van der Waals surface area contributed by atoms with Crippen molar-refractivity contribution in [2.24, 2.45) is 16.0 Å². The lowest BCUT2D eigenvalue weighted by Gasteiger charge is -2.12. The zero-order valence-electron chi connectivity index (χ0n) is 16.6. The van der Waals surface area contributed by atoms with Gasteiger partial charge in [-0.1, -0.05) is 30.0 Å². The largest absolute Gasteiger partial charge is 0.271 e. The molecule has 0 aliphatic carbocycles. The molecule has 8 heteroatoms. The van der Waals surface area contributed by atoms with E-state index < -0.39 is 10.8 Å². The van der Waals surface area contributed by atoms with E-state index in [0.717, 1.165) is 21.2 Å². The van der Waals surface area contributed by atoms with Crippen molar-refractivity contribution in [3.63, 3.8) is 0 Å². The summed E-state index contributed by atoms with van der Waals surface area (Å²) in [5.41, 5.74) is 2.23. The average Bonchev–Trinajstić information content (AvgIpc) is 3.07. The summed E-state index contributed by atoms with van der Waals surface area (Å²) in [5, 5.41) is 16.5. The maximum atomic E-state index is 12.7. The van der Waals surface area contributed by atoms with E-state index in [1.54, 1.807) is 18.3 Å². The van der Waals surface area contributed by atoms with Crippen molar-refractivity contribution in [1.82, 2.24) is 0 Å². The number of hydrogen-bond donors (Lipinski definition) is 0. The van der Waals surface area contributed by atoms with Crippen LogP contribution in [0.15, 0.2) is 98.7 Å². The smallest absolute Gasteiger partial charge is 0.269 e. The third-order valence-corrected chi connectivity index (χ3v) is 5.69. The molecule has 0 saturated carbocycles. The van der Waals surface area contributed by atoms with Crippen molar-refractivity contribution in [3.8, 4) is 0 Å². The average molecular weight is 430 g/mol. The van der Waals surface area contributed by atoms with Crippen LogP contribution >= 0.6 is 11.8 Å². The lowest BCUT2D eigenvalue weighted by Crippen LogP contribution is -2.27. The number of para-hydroxylation sites is 1. The first kappa shape index (κ1) is 20.5. The second-order valence-electron chi connectivity index (χ2n) is 6.83. The Bertz CT molecular complexity index is 1160. The van der Waals surface area contributed by atoms with Crippen molar-refractivity contribution < 1.29 is 9.72 Å². The van der Waals surface area contributed by atoms with Crippen molar-refractivity contribution >= 4 is 46.7 Å². The van der Waals surface area contributed by atoms with Crippen LogP contribution in [0.25, 0.3) is 0 Å². The molecule has 0 fully saturated rings. The topological polar surface area (TPSA) is 88.2 Å². The number of nitrogens with zero attached hydrogens (tertiary/aromatic N) is 4. The van der Waals surface area contributed by atoms with E-state index in [9.17, 15) is 14.9 Å². The summed E-state index contributed by atoms with van der Waals surface area (Å²) in [7, 11) is 0. The molecule has 0 saturated heterocycles. The number of nitro groups is 1. The zero-order valence-corrected chi connectivity index (χ0v) is 17.4. The normalized spacial score (nSPS) is 16.0. The van der Waals surface area contributed by atoms with Crippen LogP contribution in [0.2, 0.25) is 0 Å². The molecule has 0 bridgehead atoms. The van der Waals surface area contributed by atoms with Gasteiger partial charge in [0.25, 0.3) is 11.6 Å². The Kier molecular flexibility index (Phi) is 5.90. The first-order chi connectivity index (χ1) is 15.0. The molecule has 1 amide bonds. The summed E-state index contributed by atoms with van der Waals surface area (Å²) in [6.45, 7) is 1.82. The standard InChI is InChI=1S/C23H18N4O3S/c1-16-22(23(28)26(25-16)18-5-3-2-4-6-18)15-24-17-7-11-20(12-8-17)31-21-13-9-19(10-14-21)27(29)30/h2-15,22H,1H3/t22-/m0/s1. The molecular weight excluding hydrogens is 412 g/mol. The molecule has 0 spiro atoms. The van der Waals surface area contributed by atoms with Crippen LogP contribution in [0.5, 0.6) is 0 Å². The van der Waals surface area contributed by atoms with E-state index >= 15 is 0 Å². The van der Waals surface area contributed by atoms with Crippen molar-refractivity contribution in [2.45, 2.75) is 16.7 Å². The molecule has 1 aliphatic rings. The van der Waals surface area contributed by atoms with Crippen LogP contribution in [-0.4, -0.2) is 22.8 Å². The fourth-order valence-corrected chi connectivity index (χ4v) is 3.85. The Morgan fingerprint density at radius 1 is 1.00 bits per heavy atom. The monoisotopic (exact) mass is 430 g/mol. The van der Waals surface area contributed by atoms with E-state index in [4.69, 9.17) is 0 Å². The van der Waals surface area contributed by atoms with E-state index in [0.29, 0.717) is 5.71 Å². The van der Waals surface area contributed by atoms with Gasteiger partial charge in [-0.15, -0.1) is 0 Å². The summed E-state index contributed by atoms with van der Waals surface area (Å²) in [6.07, 6.45) is 1.63. The fraction of sp³-hybridized carbons (Fsp3) is 0.0870. The second-order valence-corrected chi connectivity index (χ2v) is 7.98. The van der Waals surface area contributed by atoms with Gasteiger partial charge >= 0.3 is 0 Å². The summed E-state index contributed by atoms with van der Waals surface area (Å²) >= 11 is 1.50. The molecule has 3 aromatic rings. The van der Waals surface area contributed by atoms with Gasteiger partial charge in [0.2, 0.25) is 0 Å². The highest BCUT2D eigenvalue weighted by molar-refractivity contribution is 7.99. The maximum Gasteiger partial charge on any atom is 0.269 e. The van der Waals surface area contributed by atoms with Gasteiger partial charge < -0.3 is 0 Å². The first-order valence-electron chi connectivity index (χ1n) is 9.52. The Hall–Kier alpha value is -3.78. The number of anilines is 1. The maximum absolute atomic E-state index is 12.7. The van der Waals surface area contributed by atoms with Crippen LogP contribution in [0, 0.1) is 16.0 Å². The van der Waals surface area contributed by atoms with Gasteiger partial charge in [-0.05, 0) is 55.5 Å². The number of hydrazone groups is 1. The molecule has 1 atom stereocenters. The minimum absolute atomic E-state index is 0.0696. The number of nitro benzene ring substituents is 1. The highest BCUT2D eigenvalue weighted by atomic mass is 32.2. The Balaban J connectivity index is 1.41. The molecule has 4 rings (SSSR count). The number of aliphatic imine (C=N–C) groups is 1. The minimum Gasteiger partial charge on any atom is -0.271 e. The van der Waals surface area contributed by atoms with Gasteiger partial charge in [0.1, 0.15) is 5.92 Å². The summed E-state index contributed by atoms with van der Waals surface area (Å²) in [6, 6.07) is 23.3. The lowest BCUT2D eigenvalue weighted by atomic mass is 10.1. The van der Waals surface area contributed by atoms with Crippen molar-refractivity contribution in [3.05, 3.63) is 89.0 Å². The molecule has 31 heavy (non-hydrogen) atoms. The van der Waals surface area contributed by atoms with E-state index in [-0.39, 0.29) is 11.6 Å². The number of non-ortho nitro benzene ring substituents is 1. The van der Waals surface area contributed by atoms with Gasteiger partial charge in [-0.2, -0.15) is 10.1 Å². The predicted molar refractivity (Wildman–Crippen MR) is 122 cm³/mol. The first-order valence-corrected chi connectivity index (χ1v) is 10.3. The molecule has 0 unspecified atom stereocenters. The van der Waals surface area contributed by atoms with Crippen LogP contribution in [0.3, 0.4) is 0 Å². The molecule has 1 heterocycles. The predicted octanol–water partition coefficient (Wildman–Crippen LogP) is 5.49. The molecule has 0 N–H and O–H groups in total. The minimum atomic E-state index is -0.491. The molecule has 154 valence electrons. The summed E-state index contributed by atoms with van der Waals surface area (Å²) in [4.78, 5) is 29.4. The number of hydrogen-bond acceptors (Lipinski definition) is 6. The van der Waals surface area contributed by atoms with Gasteiger partial charge in [-0.3, -0.25) is 19.9 Å². The van der Waals surface area contributed by atoms with Gasteiger partial charge in [-0.25, -0.2) is 0 Å². The van der Waals surface area contributed by atoms with Crippen LogP contribution in [0.1, 0.15) is 6.92 Å². The second kappa shape index (κ2) is 8.93. The molecule has 3 aromatic carbocycles. The lowest BCUT2D eigenvalue weighted by molar-refractivity contribution is -0.384. The van der Waals surface area contributed by atoms with Crippen LogP contribution in [-0.2, 0) is 4.79 Å². The van der Waals surface area contributed by atoms with Crippen LogP contribution in [0.4, 0.5) is 17.1 Å². The van der Waals surface area contributed by atoms with Gasteiger partial charge in [0.05, 0.1) is 22.0 Å². The van der Waals surface area contributed by atoms with Crippen molar-refractivity contribution in [1.29, 1.82) is 0 Å². The third kappa shape index (κ3) is 4.70. The highest BCUT2D eigenvalue weighted by Crippen LogP contribution is 2.30. The van der Waals surface area contributed by atoms with Crippen molar-refractivity contribution in [2.75, 3.05) is 5.01 Å². The number of rotatable bonds is 6. The molecule has 1 aliphatic heterocycles. The zero-order chi connectivity index (χ0) is 21.8. The van der Waals surface area contributed by atoms with Gasteiger partial charge in [0.15, 0.2) is 0 Å². The molecule has 0 radical (unpaired) electrons. The summed E-state index contributed by atoms with van der Waals surface area (Å²) in [5.74, 6) is -0.618. The Labute approximate surface area is 183 Å². The Morgan fingerprint density at radius 3 is 2.23 bits per heavy atom. The highest BCUT2D eigenvalue weighted by Gasteiger charge is 2.33. The number of carbonyl (C=O) groups is 1. The van der Waals surface area contributed by atoms with Crippen LogP contribution < -0.4 is 5.01 Å².